The number of carboxylic acids is 1. The number of ketones is 1. The van der Waals surface area contributed by atoms with Gasteiger partial charge in [-0.3, -0.25) is 24.1 Å². The number of hydrogen-bond acceptors (Lipinski definition) is 9. The van der Waals surface area contributed by atoms with Crippen LogP contribution >= 0.6 is 0 Å². The molecule has 50 heavy (non-hydrogen) atoms. The van der Waals surface area contributed by atoms with Crippen LogP contribution < -0.4 is 34.5 Å². The first-order valence-electron chi connectivity index (χ1n) is 15.0. The molecule has 0 aliphatic carbocycles. The number of para-hydroxylation sites is 1. The maximum absolute atomic E-state index is 14.1. The molecule has 3 N–H and O–H groups in total. The van der Waals surface area contributed by atoms with E-state index >= 15 is 0 Å². The number of ether oxygens (including phenoxy) is 4. The first-order chi connectivity index (χ1) is 23.8. The third-order valence-electron chi connectivity index (χ3n) is 8.09. The molecule has 0 aromatic heterocycles. The number of aryl methyl sites for hydroxylation is 1. The third kappa shape index (κ3) is 7.25. The summed E-state index contributed by atoms with van der Waals surface area (Å²) in [4.78, 5) is 66.4. The Bertz CT molecular complexity index is 1850. The highest BCUT2D eigenvalue weighted by Crippen LogP contribution is 2.39. The molecule has 13 nitrogen and oxygen atoms in total. The van der Waals surface area contributed by atoms with E-state index in [2.05, 4.69) is 15.4 Å². The summed E-state index contributed by atoms with van der Waals surface area (Å²) in [5, 5.41) is 14.2. The fourth-order valence-electron chi connectivity index (χ4n) is 5.72. The summed E-state index contributed by atoms with van der Waals surface area (Å²) >= 11 is 0. The van der Waals surface area contributed by atoms with Gasteiger partial charge < -0.3 is 34.7 Å². The van der Waals surface area contributed by atoms with E-state index in [9.17, 15) is 46.6 Å². The minimum absolute atomic E-state index is 0.000509. The number of benzene rings is 3. The first-order valence-corrected chi connectivity index (χ1v) is 15.0. The monoisotopic (exact) mass is 703 g/mol. The lowest BCUT2D eigenvalue weighted by Crippen LogP contribution is -2.57. The molecule has 2 heterocycles. The fourth-order valence-corrected chi connectivity index (χ4v) is 5.72. The number of nitrogens with one attached hydrogen (secondary N) is 2. The lowest BCUT2D eigenvalue weighted by atomic mass is 10.0. The van der Waals surface area contributed by atoms with E-state index in [1.807, 2.05) is 0 Å². The average Bonchev–Trinajstić information content (AvgIpc) is 3.42. The summed E-state index contributed by atoms with van der Waals surface area (Å²) in [5.41, 5.74) is 1.67. The van der Waals surface area contributed by atoms with E-state index in [0.29, 0.717) is 29.0 Å². The number of halogens is 4. The molecule has 0 fully saturated rings. The molecule has 5 rings (SSSR count). The van der Waals surface area contributed by atoms with Gasteiger partial charge in [-0.1, -0.05) is 18.2 Å². The Kier molecular flexibility index (Phi) is 10.4. The van der Waals surface area contributed by atoms with Gasteiger partial charge in [0.05, 0.1) is 26.3 Å². The van der Waals surface area contributed by atoms with Crippen molar-refractivity contribution in [1.82, 2.24) is 10.6 Å². The van der Waals surface area contributed by atoms with E-state index in [4.69, 9.17) is 14.2 Å². The maximum atomic E-state index is 14.1. The zero-order chi connectivity index (χ0) is 36.3. The van der Waals surface area contributed by atoms with Crippen molar-refractivity contribution in [2.75, 3.05) is 25.7 Å². The van der Waals surface area contributed by atoms with Gasteiger partial charge in [0.2, 0.25) is 23.4 Å². The van der Waals surface area contributed by atoms with Gasteiger partial charge in [-0.2, -0.15) is 8.78 Å². The Morgan fingerprint density at radius 2 is 1.66 bits per heavy atom. The second-order valence-electron chi connectivity index (χ2n) is 11.2. The van der Waals surface area contributed by atoms with Gasteiger partial charge in [0.1, 0.15) is 30.5 Å². The van der Waals surface area contributed by atoms with Crippen LogP contribution in [0.4, 0.5) is 28.0 Å². The maximum Gasteiger partial charge on any atom is 0.413 e. The predicted molar refractivity (Wildman–Crippen MR) is 163 cm³/mol. The molecule has 0 bridgehead atoms. The molecule has 2 aliphatic heterocycles. The molecule has 3 aromatic carbocycles. The lowest BCUT2D eigenvalue weighted by Gasteiger charge is -2.28. The summed E-state index contributed by atoms with van der Waals surface area (Å²) in [6, 6.07) is 5.19. The van der Waals surface area contributed by atoms with Crippen molar-refractivity contribution in [2.24, 2.45) is 0 Å². The van der Waals surface area contributed by atoms with Crippen molar-refractivity contribution in [1.29, 1.82) is 0 Å². The van der Waals surface area contributed by atoms with Gasteiger partial charge in [0.25, 0.3) is 0 Å². The molecule has 0 radical (unpaired) electrons. The number of carboxylic acid groups (broad SMARTS) is 1. The Hall–Kier alpha value is -5.87. The SMILES string of the molecule is COc1ccc(OC)c(OC(=O)NC2CCc3cccc4c3N(C2=O)C(C(=O)NC(CC(=O)O)C(=O)COc2c(F)c(F)cc(F)c2F)C4)c1. The standard InChI is InChI=1S/C33H29F4N3O10/c1-47-17-7-9-24(48-2)25(11-17)50-33(46)39-20-8-6-15-4-3-5-16-10-22(40(29(15)16)32(20)45)31(44)38-21(13-26(42)43)23(41)14-49-30-27(36)18(34)12-19(35)28(30)37/h3-5,7,9,11-12,20-22H,6,8,10,13-14H2,1-2H3,(H,38,44)(H,39,46)(H,42,43). The highest BCUT2D eigenvalue weighted by molar-refractivity contribution is 6.08. The van der Waals surface area contributed by atoms with Crippen LogP contribution in [-0.2, 0) is 32.0 Å². The van der Waals surface area contributed by atoms with Gasteiger partial charge in [0.15, 0.2) is 34.7 Å². The Balaban J connectivity index is 1.34. The molecule has 0 saturated carbocycles. The Labute approximate surface area is 281 Å². The Morgan fingerprint density at radius 3 is 2.32 bits per heavy atom. The largest absolute Gasteiger partial charge is 0.497 e. The first kappa shape index (κ1) is 35.4. The van der Waals surface area contributed by atoms with E-state index < -0.39 is 89.8 Å². The van der Waals surface area contributed by atoms with E-state index in [1.54, 1.807) is 24.3 Å². The third-order valence-corrected chi connectivity index (χ3v) is 8.09. The molecule has 17 heteroatoms. The second kappa shape index (κ2) is 14.7. The number of Topliss-reactive ketones (excluding diaryl/α,β-unsaturated/α-hetero) is 1. The molecule has 3 aromatic rings. The lowest BCUT2D eigenvalue weighted by molar-refractivity contribution is -0.140. The van der Waals surface area contributed by atoms with Crippen molar-refractivity contribution in [3.8, 4) is 23.0 Å². The smallest absolute Gasteiger partial charge is 0.413 e. The number of anilines is 1. The molecular formula is C33H29F4N3O10. The van der Waals surface area contributed by atoms with E-state index in [1.165, 1.54) is 26.4 Å². The van der Waals surface area contributed by atoms with Crippen LogP contribution in [0.15, 0.2) is 42.5 Å². The van der Waals surface area contributed by atoms with Crippen molar-refractivity contribution < 1.29 is 65.6 Å². The zero-order valence-electron chi connectivity index (χ0n) is 26.4. The van der Waals surface area contributed by atoms with Crippen molar-refractivity contribution in [3.05, 3.63) is 76.9 Å². The summed E-state index contributed by atoms with van der Waals surface area (Å²) in [7, 11) is 2.77. The van der Waals surface area contributed by atoms with Crippen molar-refractivity contribution in [2.45, 2.75) is 43.8 Å². The number of hydrogen-bond donors (Lipinski definition) is 3. The van der Waals surface area contributed by atoms with Crippen molar-refractivity contribution in [3.63, 3.8) is 0 Å². The van der Waals surface area contributed by atoms with E-state index in [-0.39, 0.29) is 30.4 Å². The number of amides is 3. The van der Waals surface area contributed by atoms with Crippen LogP contribution in [0.1, 0.15) is 24.0 Å². The number of carbonyl (C=O) groups is 5. The van der Waals surface area contributed by atoms with Gasteiger partial charge in [-0.15, -0.1) is 0 Å². The summed E-state index contributed by atoms with van der Waals surface area (Å²) in [5.74, 6) is -12.9. The number of methoxy groups -OCH3 is 2. The molecule has 264 valence electrons. The summed E-state index contributed by atoms with van der Waals surface area (Å²) < 4.78 is 75.8. The molecule has 2 aliphatic rings. The number of nitrogens with zero attached hydrogens (tertiary/aromatic N) is 1. The van der Waals surface area contributed by atoms with Gasteiger partial charge in [-0.25, -0.2) is 13.6 Å². The predicted octanol–water partition coefficient (Wildman–Crippen LogP) is 3.23. The fraction of sp³-hybridized carbons (Fsp3) is 0.303. The second-order valence-corrected chi connectivity index (χ2v) is 11.2. The minimum atomic E-state index is -1.93. The minimum Gasteiger partial charge on any atom is -0.497 e. The molecule has 0 spiro atoms. The summed E-state index contributed by atoms with van der Waals surface area (Å²) in [6.07, 6.45) is -1.67. The highest BCUT2D eigenvalue weighted by atomic mass is 19.2. The van der Waals surface area contributed by atoms with Crippen LogP contribution in [0, 0.1) is 23.3 Å². The quantitative estimate of drug-likeness (QED) is 0.188. The topological polar surface area (TPSA) is 170 Å². The molecular weight excluding hydrogens is 674 g/mol. The highest BCUT2D eigenvalue weighted by Gasteiger charge is 2.45. The average molecular weight is 704 g/mol. The van der Waals surface area contributed by atoms with Gasteiger partial charge in [0, 0.05) is 18.6 Å². The van der Waals surface area contributed by atoms with Crippen LogP contribution in [0.2, 0.25) is 0 Å². The van der Waals surface area contributed by atoms with Gasteiger partial charge in [-0.05, 0) is 36.1 Å². The summed E-state index contributed by atoms with van der Waals surface area (Å²) in [6.45, 7) is -1.28. The molecule has 3 atom stereocenters. The van der Waals surface area contributed by atoms with Crippen LogP contribution in [0.3, 0.4) is 0 Å². The molecule has 0 saturated heterocycles. The number of carbonyl (C=O) groups excluding carboxylic acids is 4. The normalized spacial score (nSPS) is 16.8. The number of aliphatic carboxylic acids is 1. The van der Waals surface area contributed by atoms with E-state index in [0.717, 1.165) is 4.90 Å². The zero-order valence-corrected chi connectivity index (χ0v) is 26.4. The molecule has 3 amide bonds. The van der Waals surface area contributed by atoms with Crippen LogP contribution in [0.5, 0.6) is 23.0 Å². The van der Waals surface area contributed by atoms with Crippen LogP contribution in [-0.4, -0.2) is 73.7 Å². The number of rotatable bonds is 12. The van der Waals surface area contributed by atoms with Crippen molar-refractivity contribution >= 4 is 35.3 Å². The van der Waals surface area contributed by atoms with Gasteiger partial charge >= 0.3 is 12.1 Å². The Morgan fingerprint density at radius 1 is 0.960 bits per heavy atom. The van der Waals surface area contributed by atoms with Crippen LogP contribution in [0.25, 0.3) is 0 Å². The molecule has 3 unspecified atom stereocenters.